The number of fused-ring (bicyclic) bond motifs is 1. The van der Waals surface area contributed by atoms with Crippen LogP contribution in [0.3, 0.4) is 0 Å². The minimum Gasteiger partial charge on any atom is -0.208 e. The van der Waals surface area contributed by atoms with Crippen LogP contribution in [-0.4, -0.2) is 14.5 Å². The molecule has 1 N–H and O–H groups in total. The lowest BCUT2D eigenvalue weighted by molar-refractivity contribution is 0.553. The van der Waals surface area contributed by atoms with E-state index in [1.807, 2.05) is 18.2 Å². The van der Waals surface area contributed by atoms with Gasteiger partial charge in [-0.05, 0) is 25.0 Å². The zero-order chi connectivity index (χ0) is 14.2. The molecule has 3 rings (SSSR count). The molecule has 0 unspecified atom stereocenters. The van der Waals surface area contributed by atoms with E-state index in [9.17, 15) is 8.42 Å². The van der Waals surface area contributed by atoms with Crippen LogP contribution in [0, 0.1) is 0 Å². The first-order valence-corrected chi connectivity index (χ1v) is 8.63. The number of rotatable bonds is 3. The fraction of sp³-hybridized carbons (Fsp3) is 0.333. The van der Waals surface area contributed by atoms with Crippen molar-refractivity contribution in [1.82, 2.24) is 4.72 Å². The highest BCUT2D eigenvalue weighted by Crippen LogP contribution is 2.30. The Hall–Kier alpha value is -1.10. The molecule has 3 nitrogen and oxygen atoms in total. The highest BCUT2D eigenvalue weighted by atomic mass is 35.5. The smallest absolute Gasteiger partial charge is 0.208 e. The molecule has 1 aliphatic carbocycles. The molecule has 0 aliphatic heterocycles. The van der Waals surface area contributed by atoms with Crippen molar-refractivity contribution in [2.45, 2.75) is 36.6 Å². The van der Waals surface area contributed by atoms with E-state index in [4.69, 9.17) is 11.6 Å². The van der Waals surface area contributed by atoms with Crippen molar-refractivity contribution >= 4 is 32.4 Å². The molecule has 20 heavy (non-hydrogen) atoms. The highest BCUT2D eigenvalue weighted by Gasteiger charge is 2.24. The van der Waals surface area contributed by atoms with E-state index in [1.165, 1.54) is 0 Å². The Balaban J connectivity index is 2.07. The minimum absolute atomic E-state index is 0.0643. The SMILES string of the molecule is O=S(=O)(NC1CCCC1)c1ccc(Cl)c2ccccc12. The summed E-state index contributed by atoms with van der Waals surface area (Å²) in [4.78, 5) is 0.310. The minimum atomic E-state index is -3.50. The topological polar surface area (TPSA) is 46.2 Å². The molecule has 1 aliphatic rings. The van der Waals surface area contributed by atoms with E-state index in [1.54, 1.807) is 18.2 Å². The average molecular weight is 310 g/mol. The van der Waals surface area contributed by atoms with Gasteiger partial charge in [0.1, 0.15) is 0 Å². The third-order valence-electron chi connectivity index (χ3n) is 3.80. The molecule has 2 aromatic carbocycles. The number of nitrogens with one attached hydrogen (secondary N) is 1. The largest absolute Gasteiger partial charge is 0.241 e. The lowest BCUT2D eigenvalue weighted by atomic mass is 10.1. The lowest BCUT2D eigenvalue weighted by Crippen LogP contribution is -2.32. The van der Waals surface area contributed by atoms with Crippen molar-refractivity contribution < 1.29 is 8.42 Å². The fourth-order valence-electron chi connectivity index (χ4n) is 2.80. The first-order valence-electron chi connectivity index (χ1n) is 6.77. The van der Waals surface area contributed by atoms with Crippen LogP contribution in [0.4, 0.5) is 0 Å². The number of hydrogen-bond acceptors (Lipinski definition) is 2. The second-order valence-electron chi connectivity index (χ2n) is 5.19. The number of benzene rings is 2. The van der Waals surface area contributed by atoms with Crippen LogP contribution in [0.2, 0.25) is 5.02 Å². The summed E-state index contributed by atoms with van der Waals surface area (Å²) in [6, 6.07) is 10.6. The van der Waals surface area contributed by atoms with Crippen LogP contribution in [0.5, 0.6) is 0 Å². The molecule has 0 bridgehead atoms. The van der Waals surface area contributed by atoms with Crippen molar-refractivity contribution in [3.05, 3.63) is 41.4 Å². The predicted molar refractivity (Wildman–Crippen MR) is 81.5 cm³/mol. The van der Waals surface area contributed by atoms with Gasteiger partial charge in [-0.2, -0.15) is 0 Å². The van der Waals surface area contributed by atoms with Gasteiger partial charge in [-0.1, -0.05) is 48.7 Å². The average Bonchev–Trinajstić information content (AvgIpc) is 2.91. The monoisotopic (exact) mass is 309 g/mol. The molecule has 0 heterocycles. The van der Waals surface area contributed by atoms with Crippen LogP contribution in [0.15, 0.2) is 41.3 Å². The quantitative estimate of drug-likeness (QED) is 0.939. The van der Waals surface area contributed by atoms with Gasteiger partial charge in [0.25, 0.3) is 0 Å². The van der Waals surface area contributed by atoms with E-state index in [2.05, 4.69) is 4.72 Å². The van der Waals surface area contributed by atoms with Crippen molar-refractivity contribution in [3.8, 4) is 0 Å². The Labute approximate surface area is 124 Å². The number of halogens is 1. The molecule has 1 fully saturated rings. The molecular formula is C15H16ClNO2S. The number of hydrogen-bond donors (Lipinski definition) is 1. The molecule has 1 saturated carbocycles. The molecule has 0 saturated heterocycles. The molecule has 5 heteroatoms. The van der Waals surface area contributed by atoms with Gasteiger partial charge in [-0.15, -0.1) is 0 Å². The van der Waals surface area contributed by atoms with E-state index in [0.29, 0.717) is 15.3 Å². The zero-order valence-electron chi connectivity index (χ0n) is 11.0. The van der Waals surface area contributed by atoms with Crippen LogP contribution < -0.4 is 4.72 Å². The molecule has 0 radical (unpaired) electrons. The van der Waals surface area contributed by atoms with Crippen LogP contribution in [-0.2, 0) is 10.0 Å². The third-order valence-corrected chi connectivity index (χ3v) is 5.71. The summed E-state index contributed by atoms with van der Waals surface area (Å²) >= 11 is 6.13. The summed E-state index contributed by atoms with van der Waals surface area (Å²) in [6.45, 7) is 0. The molecule has 0 atom stereocenters. The van der Waals surface area contributed by atoms with Crippen LogP contribution in [0.25, 0.3) is 10.8 Å². The predicted octanol–water partition coefficient (Wildman–Crippen LogP) is 3.71. The van der Waals surface area contributed by atoms with Gasteiger partial charge < -0.3 is 0 Å². The molecular weight excluding hydrogens is 294 g/mol. The van der Waals surface area contributed by atoms with Crippen molar-refractivity contribution in [2.75, 3.05) is 0 Å². The van der Waals surface area contributed by atoms with Crippen molar-refractivity contribution in [3.63, 3.8) is 0 Å². The molecule has 0 aromatic heterocycles. The van der Waals surface area contributed by atoms with Gasteiger partial charge in [0.2, 0.25) is 10.0 Å². The Kier molecular flexibility index (Phi) is 3.71. The first-order chi connectivity index (χ1) is 9.58. The molecule has 2 aromatic rings. The molecule has 0 spiro atoms. The lowest BCUT2D eigenvalue weighted by Gasteiger charge is -2.14. The second-order valence-corrected chi connectivity index (χ2v) is 7.28. The van der Waals surface area contributed by atoms with Crippen LogP contribution in [0.1, 0.15) is 25.7 Å². The van der Waals surface area contributed by atoms with Crippen molar-refractivity contribution in [2.24, 2.45) is 0 Å². The van der Waals surface area contributed by atoms with Crippen LogP contribution >= 0.6 is 11.6 Å². The molecule has 0 amide bonds. The van der Waals surface area contributed by atoms with Gasteiger partial charge >= 0.3 is 0 Å². The normalized spacial score (nSPS) is 16.9. The van der Waals surface area contributed by atoms with E-state index in [-0.39, 0.29) is 6.04 Å². The first kappa shape index (κ1) is 13.9. The summed E-state index contributed by atoms with van der Waals surface area (Å²) in [6.07, 6.45) is 4.03. The third kappa shape index (κ3) is 2.55. The zero-order valence-corrected chi connectivity index (χ0v) is 12.5. The standard InChI is InChI=1S/C15H16ClNO2S/c16-14-9-10-15(13-8-4-3-7-12(13)14)20(18,19)17-11-5-1-2-6-11/h3-4,7-11,17H,1-2,5-6H2. The second kappa shape index (κ2) is 5.35. The van der Waals surface area contributed by atoms with Gasteiger partial charge in [-0.25, -0.2) is 13.1 Å². The van der Waals surface area contributed by atoms with E-state index < -0.39 is 10.0 Å². The Bertz CT molecular complexity index is 737. The van der Waals surface area contributed by atoms with Crippen molar-refractivity contribution in [1.29, 1.82) is 0 Å². The summed E-state index contributed by atoms with van der Waals surface area (Å²) in [7, 11) is -3.50. The van der Waals surface area contributed by atoms with E-state index in [0.717, 1.165) is 31.1 Å². The number of sulfonamides is 1. The summed E-state index contributed by atoms with van der Waals surface area (Å²) < 4.78 is 27.9. The fourth-order valence-corrected chi connectivity index (χ4v) is 4.54. The Morgan fingerprint density at radius 3 is 2.35 bits per heavy atom. The summed E-state index contributed by atoms with van der Waals surface area (Å²) in [5.74, 6) is 0. The Morgan fingerprint density at radius 2 is 1.65 bits per heavy atom. The van der Waals surface area contributed by atoms with Gasteiger partial charge in [0.05, 0.1) is 4.90 Å². The summed E-state index contributed by atoms with van der Waals surface area (Å²) in [5.41, 5.74) is 0. The van der Waals surface area contributed by atoms with E-state index >= 15 is 0 Å². The summed E-state index contributed by atoms with van der Waals surface area (Å²) in [5, 5.41) is 2.01. The maximum atomic E-state index is 12.6. The van der Waals surface area contributed by atoms with Gasteiger partial charge in [0, 0.05) is 21.8 Å². The van der Waals surface area contributed by atoms with Gasteiger partial charge in [0.15, 0.2) is 0 Å². The Morgan fingerprint density at radius 1 is 1.00 bits per heavy atom. The van der Waals surface area contributed by atoms with Gasteiger partial charge in [-0.3, -0.25) is 0 Å². The molecule has 106 valence electrons. The maximum absolute atomic E-state index is 12.6. The highest BCUT2D eigenvalue weighted by molar-refractivity contribution is 7.89. The maximum Gasteiger partial charge on any atom is 0.241 e.